The zero-order chi connectivity index (χ0) is 14.5. The van der Waals surface area contributed by atoms with Crippen LogP contribution in [0, 0.1) is 0 Å². The first-order chi connectivity index (χ1) is 9.60. The molecule has 0 saturated carbocycles. The van der Waals surface area contributed by atoms with Crippen LogP contribution in [0.1, 0.15) is 19.8 Å². The molecule has 0 radical (unpaired) electrons. The van der Waals surface area contributed by atoms with Gasteiger partial charge in [-0.25, -0.2) is 4.79 Å². The van der Waals surface area contributed by atoms with E-state index in [1.54, 1.807) is 25.3 Å². The van der Waals surface area contributed by atoms with Gasteiger partial charge in [0, 0.05) is 11.6 Å². The van der Waals surface area contributed by atoms with E-state index in [1.165, 1.54) is 0 Å². The molecule has 0 aliphatic carbocycles. The van der Waals surface area contributed by atoms with Crippen molar-refractivity contribution in [2.45, 2.75) is 31.9 Å². The second kappa shape index (κ2) is 6.81. The van der Waals surface area contributed by atoms with Gasteiger partial charge in [0.25, 0.3) is 0 Å². The number of rotatable bonds is 4. The molecule has 1 aromatic rings. The lowest BCUT2D eigenvalue weighted by Crippen LogP contribution is -2.43. The largest absolute Gasteiger partial charge is 0.495 e. The van der Waals surface area contributed by atoms with E-state index in [1.807, 2.05) is 6.92 Å². The SMILES string of the molecule is COc1ccc(Cl)cc1NC(=O)N[C@H](C)[C@H]1CCCO1. The van der Waals surface area contributed by atoms with Gasteiger partial charge in [0.1, 0.15) is 5.75 Å². The molecular formula is C14H19ClN2O3. The lowest BCUT2D eigenvalue weighted by molar-refractivity contribution is 0.0868. The average molecular weight is 299 g/mol. The molecule has 1 aliphatic heterocycles. The summed E-state index contributed by atoms with van der Waals surface area (Å²) in [6.07, 6.45) is 2.10. The van der Waals surface area contributed by atoms with Gasteiger partial charge in [-0.15, -0.1) is 0 Å². The normalized spacial score (nSPS) is 19.4. The topological polar surface area (TPSA) is 59.6 Å². The monoisotopic (exact) mass is 298 g/mol. The summed E-state index contributed by atoms with van der Waals surface area (Å²) in [6, 6.07) is 4.73. The Morgan fingerprint density at radius 2 is 2.35 bits per heavy atom. The highest BCUT2D eigenvalue weighted by Gasteiger charge is 2.23. The van der Waals surface area contributed by atoms with E-state index in [-0.39, 0.29) is 18.2 Å². The van der Waals surface area contributed by atoms with Crippen LogP contribution in [0.5, 0.6) is 5.75 Å². The molecule has 1 aromatic carbocycles. The van der Waals surface area contributed by atoms with Crippen LogP contribution in [0.25, 0.3) is 0 Å². The number of carbonyl (C=O) groups excluding carboxylic acids is 1. The predicted octanol–water partition coefficient (Wildman–Crippen LogP) is 3.04. The fourth-order valence-electron chi connectivity index (χ4n) is 2.23. The van der Waals surface area contributed by atoms with Crippen molar-refractivity contribution in [2.75, 3.05) is 19.0 Å². The second-order valence-corrected chi connectivity index (χ2v) is 5.22. The molecule has 0 spiro atoms. The van der Waals surface area contributed by atoms with Crippen LogP contribution in [0.4, 0.5) is 10.5 Å². The molecule has 1 heterocycles. The number of nitrogens with one attached hydrogen (secondary N) is 2. The van der Waals surface area contributed by atoms with E-state index in [0.717, 1.165) is 19.4 Å². The number of urea groups is 1. The first-order valence-corrected chi connectivity index (χ1v) is 7.00. The lowest BCUT2D eigenvalue weighted by atomic mass is 10.1. The highest BCUT2D eigenvalue weighted by molar-refractivity contribution is 6.31. The number of halogens is 1. The van der Waals surface area contributed by atoms with Gasteiger partial charge in [0.2, 0.25) is 0 Å². The van der Waals surface area contributed by atoms with Gasteiger partial charge in [0.15, 0.2) is 0 Å². The van der Waals surface area contributed by atoms with E-state index in [9.17, 15) is 4.79 Å². The van der Waals surface area contributed by atoms with E-state index >= 15 is 0 Å². The van der Waals surface area contributed by atoms with E-state index in [0.29, 0.717) is 16.5 Å². The Bertz CT molecular complexity index is 475. The number of amides is 2. The first kappa shape index (κ1) is 14.9. The zero-order valence-electron chi connectivity index (χ0n) is 11.6. The fourth-order valence-corrected chi connectivity index (χ4v) is 2.41. The molecule has 6 heteroatoms. The summed E-state index contributed by atoms with van der Waals surface area (Å²) < 4.78 is 10.7. The van der Waals surface area contributed by atoms with Crippen LogP contribution >= 0.6 is 11.6 Å². The molecule has 2 rings (SSSR count). The third-order valence-corrected chi connectivity index (χ3v) is 3.53. The van der Waals surface area contributed by atoms with Gasteiger partial charge in [-0.05, 0) is 38.0 Å². The quantitative estimate of drug-likeness (QED) is 0.898. The van der Waals surface area contributed by atoms with Crippen LogP contribution in [0.3, 0.4) is 0 Å². The summed E-state index contributed by atoms with van der Waals surface area (Å²) in [5.41, 5.74) is 0.539. The number of hydrogen-bond acceptors (Lipinski definition) is 3. The smallest absolute Gasteiger partial charge is 0.319 e. The second-order valence-electron chi connectivity index (χ2n) is 4.78. The Balaban J connectivity index is 1.95. The Kier molecular flexibility index (Phi) is 5.09. The first-order valence-electron chi connectivity index (χ1n) is 6.63. The van der Waals surface area contributed by atoms with Crippen LogP contribution in [-0.4, -0.2) is 31.9 Å². The van der Waals surface area contributed by atoms with Crippen LogP contribution < -0.4 is 15.4 Å². The Labute approximate surface area is 123 Å². The minimum Gasteiger partial charge on any atom is -0.495 e. The van der Waals surface area contributed by atoms with Crippen LogP contribution in [0.15, 0.2) is 18.2 Å². The molecule has 2 atom stereocenters. The summed E-state index contributed by atoms with van der Waals surface area (Å²) in [4.78, 5) is 12.0. The van der Waals surface area contributed by atoms with Gasteiger partial charge in [-0.2, -0.15) is 0 Å². The molecular weight excluding hydrogens is 280 g/mol. The number of carbonyl (C=O) groups is 1. The Hall–Kier alpha value is -1.46. The summed E-state index contributed by atoms with van der Waals surface area (Å²) >= 11 is 5.92. The lowest BCUT2D eigenvalue weighted by Gasteiger charge is -2.20. The molecule has 0 aromatic heterocycles. The highest BCUT2D eigenvalue weighted by Crippen LogP contribution is 2.27. The molecule has 110 valence electrons. The summed E-state index contributed by atoms with van der Waals surface area (Å²) in [6.45, 7) is 2.70. The fraction of sp³-hybridized carbons (Fsp3) is 0.500. The maximum atomic E-state index is 12.0. The maximum absolute atomic E-state index is 12.0. The van der Waals surface area contributed by atoms with Gasteiger partial charge in [-0.3, -0.25) is 0 Å². The summed E-state index contributed by atoms with van der Waals surface area (Å²) in [5, 5.41) is 6.14. The minimum atomic E-state index is -0.298. The number of hydrogen-bond donors (Lipinski definition) is 2. The molecule has 20 heavy (non-hydrogen) atoms. The van der Waals surface area contributed by atoms with Crippen molar-refractivity contribution < 1.29 is 14.3 Å². The van der Waals surface area contributed by atoms with E-state index < -0.39 is 0 Å². The number of anilines is 1. The van der Waals surface area contributed by atoms with Crippen molar-refractivity contribution in [3.8, 4) is 5.75 Å². The van der Waals surface area contributed by atoms with Crippen LogP contribution in [0.2, 0.25) is 5.02 Å². The van der Waals surface area contributed by atoms with Crippen molar-refractivity contribution in [1.29, 1.82) is 0 Å². The standard InChI is InChI=1S/C14H19ClN2O3/c1-9(12-4-3-7-20-12)16-14(18)17-11-8-10(15)5-6-13(11)19-2/h5-6,8-9,12H,3-4,7H2,1-2H3,(H2,16,17,18)/t9-,12-/m1/s1. The minimum absolute atomic E-state index is 0.0392. The van der Waals surface area contributed by atoms with Gasteiger partial charge in [0.05, 0.1) is 24.9 Å². The molecule has 0 unspecified atom stereocenters. The van der Waals surface area contributed by atoms with E-state index in [4.69, 9.17) is 21.1 Å². The van der Waals surface area contributed by atoms with Gasteiger partial charge < -0.3 is 20.1 Å². The molecule has 2 amide bonds. The third-order valence-electron chi connectivity index (χ3n) is 3.29. The zero-order valence-corrected chi connectivity index (χ0v) is 12.4. The van der Waals surface area contributed by atoms with Crippen molar-refractivity contribution in [2.24, 2.45) is 0 Å². The van der Waals surface area contributed by atoms with Crippen molar-refractivity contribution in [3.63, 3.8) is 0 Å². The van der Waals surface area contributed by atoms with Gasteiger partial charge in [-0.1, -0.05) is 11.6 Å². The summed E-state index contributed by atoms with van der Waals surface area (Å²) in [5.74, 6) is 0.564. The third kappa shape index (κ3) is 3.77. The molecule has 0 bridgehead atoms. The number of benzene rings is 1. The van der Waals surface area contributed by atoms with Crippen molar-refractivity contribution in [1.82, 2.24) is 5.32 Å². The van der Waals surface area contributed by atoms with Gasteiger partial charge >= 0.3 is 6.03 Å². The van der Waals surface area contributed by atoms with Crippen molar-refractivity contribution >= 4 is 23.3 Å². The number of ether oxygens (including phenoxy) is 2. The molecule has 5 nitrogen and oxygen atoms in total. The van der Waals surface area contributed by atoms with Crippen molar-refractivity contribution in [3.05, 3.63) is 23.2 Å². The predicted molar refractivity (Wildman–Crippen MR) is 78.6 cm³/mol. The maximum Gasteiger partial charge on any atom is 0.319 e. The highest BCUT2D eigenvalue weighted by atomic mass is 35.5. The molecule has 1 fully saturated rings. The molecule has 1 aliphatic rings. The number of methoxy groups -OCH3 is 1. The Morgan fingerprint density at radius 3 is 3.00 bits per heavy atom. The Morgan fingerprint density at radius 1 is 1.55 bits per heavy atom. The summed E-state index contributed by atoms with van der Waals surface area (Å²) in [7, 11) is 1.54. The van der Waals surface area contributed by atoms with E-state index in [2.05, 4.69) is 10.6 Å². The average Bonchev–Trinajstić information content (AvgIpc) is 2.92. The molecule has 2 N–H and O–H groups in total. The molecule has 1 saturated heterocycles. The van der Waals surface area contributed by atoms with Crippen LogP contribution in [-0.2, 0) is 4.74 Å².